The number of halogens is 2. The highest BCUT2D eigenvalue weighted by Crippen LogP contribution is 2.19. The molecule has 0 radical (unpaired) electrons. The van der Waals surface area contributed by atoms with Crippen molar-refractivity contribution < 1.29 is 13.5 Å². The van der Waals surface area contributed by atoms with Gasteiger partial charge in [0.1, 0.15) is 11.6 Å². The molecule has 22 heavy (non-hydrogen) atoms. The lowest BCUT2D eigenvalue weighted by Gasteiger charge is -2.25. The van der Waals surface area contributed by atoms with Gasteiger partial charge in [0.15, 0.2) is 5.96 Å². The number of methoxy groups -OCH3 is 1. The molecule has 0 aliphatic carbocycles. The van der Waals surface area contributed by atoms with E-state index in [1.807, 2.05) is 20.8 Å². The summed E-state index contributed by atoms with van der Waals surface area (Å²) >= 11 is 0. The summed E-state index contributed by atoms with van der Waals surface area (Å²) in [7, 11) is 3.32. The number of aliphatic imine (C=N–C) groups is 1. The van der Waals surface area contributed by atoms with Gasteiger partial charge in [-0.1, -0.05) is 13.0 Å². The molecule has 0 spiro atoms. The number of ether oxygens (including phenoxy) is 1. The van der Waals surface area contributed by atoms with Gasteiger partial charge in [-0.15, -0.1) is 0 Å². The number of hydrogen-bond donors (Lipinski definition) is 2. The van der Waals surface area contributed by atoms with Crippen molar-refractivity contribution in [1.29, 1.82) is 0 Å². The molecule has 1 rings (SSSR count). The van der Waals surface area contributed by atoms with Crippen LogP contribution in [0.5, 0.6) is 0 Å². The highest BCUT2D eigenvalue weighted by atomic mass is 19.1. The summed E-state index contributed by atoms with van der Waals surface area (Å²) in [5.41, 5.74) is 0.160. The van der Waals surface area contributed by atoms with Gasteiger partial charge >= 0.3 is 0 Å². The summed E-state index contributed by atoms with van der Waals surface area (Å²) in [6.07, 6.45) is 0. The number of nitrogens with zero attached hydrogens (tertiary/aromatic N) is 1. The fraction of sp³-hybridized carbons (Fsp3) is 0.562. The summed E-state index contributed by atoms with van der Waals surface area (Å²) in [6, 6.07) is 3.64. The van der Waals surface area contributed by atoms with Gasteiger partial charge in [0.25, 0.3) is 0 Å². The maximum absolute atomic E-state index is 13.7. The van der Waals surface area contributed by atoms with E-state index in [0.29, 0.717) is 24.6 Å². The van der Waals surface area contributed by atoms with E-state index in [1.165, 1.54) is 12.1 Å². The first kappa shape index (κ1) is 18.4. The van der Waals surface area contributed by atoms with E-state index in [1.54, 1.807) is 14.2 Å². The molecule has 1 atom stereocenters. The van der Waals surface area contributed by atoms with Gasteiger partial charge in [0.05, 0.1) is 5.60 Å². The number of hydrogen-bond acceptors (Lipinski definition) is 2. The fourth-order valence-corrected chi connectivity index (χ4v) is 1.85. The molecule has 2 N–H and O–H groups in total. The maximum Gasteiger partial charge on any atom is 0.191 e. The second-order valence-corrected chi connectivity index (χ2v) is 5.84. The van der Waals surface area contributed by atoms with Crippen LogP contribution in [0.3, 0.4) is 0 Å². The smallest absolute Gasteiger partial charge is 0.191 e. The van der Waals surface area contributed by atoms with Crippen LogP contribution in [-0.4, -0.2) is 38.8 Å². The molecule has 1 unspecified atom stereocenters. The lowest BCUT2D eigenvalue weighted by Crippen LogP contribution is -2.46. The average molecular weight is 313 g/mol. The monoisotopic (exact) mass is 313 g/mol. The van der Waals surface area contributed by atoms with Crippen LogP contribution in [0.15, 0.2) is 23.2 Å². The first-order chi connectivity index (χ1) is 10.3. The number of guanidine groups is 1. The van der Waals surface area contributed by atoms with Crippen LogP contribution in [0, 0.1) is 11.6 Å². The van der Waals surface area contributed by atoms with E-state index in [-0.39, 0.29) is 11.5 Å². The van der Waals surface area contributed by atoms with Gasteiger partial charge in [-0.05, 0) is 25.5 Å². The van der Waals surface area contributed by atoms with Crippen LogP contribution in [0.1, 0.15) is 32.3 Å². The molecular formula is C16H25F2N3O. The van der Waals surface area contributed by atoms with E-state index < -0.39 is 11.6 Å². The summed E-state index contributed by atoms with van der Waals surface area (Å²) in [5, 5.41) is 6.28. The minimum atomic E-state index is -0.569. The van der Waals surface area contributed by atoms with Crippen LogP contribution < -0.4 is 10.6 Å². The Kier molecular flexibility index (Phi) is 6.74. The van der Waals surface area contributed by atoms with Gasteiger partial charge in [-0.2, -0.15) is 0 Å². The number of rotatable bonds is 6. The van der Waals surface area contributed by atoms with Crippen molar-refractivity contribution in [3.05, 3.63) is 35.4 Å². The van der Waals surface area contributed by atoms with Crippen molar-refractivity contribution in [2.24, 2.45) is 4.99 Å². The molecule has 0 amide bonds. The van der Waals surface area contributed by atoms with E-state index in [4.69, 9.17) is 4.74 Å². The van der Waals surface area contributed by atoms with Crippen molar-refractivity contribution in [3.63, 3.8) is 0 Å². The Balaban J connectivity index is 2.56. The molecule has 0 aliphatic heterocycles. The van der Waals surface area contributed by atoms with Crippen LogP contribution in [0.2, 0.25) is 0 Å². The second-order valence-electron chi connectivity index (χ2n) is 5.84. The zero-order chi connectivity index (χ0) is 16.8. The summed E-state index contributed by atoms with van der Waals surface area (Å²) in [4.78, 5) is 4.11. The normalized spacial score (nSPS) is 13.9. The third-order valence-electron chi connectivity index (χ3n) is 3.53. The summed E-state index contributed by atoms with van der Waals surface area (Å²) in [5.74, 6) is -0.604. The standard InChI is InChI=1S/C16H25F2N3O/c1-11(13-7-6-12(17)8-14(13)18)9-20-15(19-4)21-10-16(2,3)22-5/h6-8,11H,9-10H2,1-5H3,(H2,19,20,21). The highest BCUT2D eigenvalue weighted by Gasteiger charge is 2.17. The number of benzene rings is 1. The van der Waals surface area contributed by atoms with Gasteiger partial charge in [0, 0.05) is 39.2 Å². The van der Waals surface area contributed by atoms with Crippen LogP contribution >= 0.6 is 0 Å². The highest BCUT2D eigenvalue weighted by molar-refractivity contribution is 5.79. The lowest BCUT2D eigenvalue weighted by atomic mass is 10.0. The van der Waals surface area contributed by atoms with E-state index in [2.05, 4.69) is 15.6 Å². The molecule has 4 nitrogen and oxygen atoms in total. The summed E-state index contributed by atoms with van der Waals surface area (Å²) in [6.45, 7) is 6.86. The Morgan fingerprint density at radius 1 is 1.32 bits per heavy atom. The van der Waals surface area contributed by atoms with E-state index >= 15 is 0 Å². The predicted octanol–water partition coefficient (Wildman–Crippen LogP) is 2.66. The molecule has 124 valence electrons. The van der Waals surface area contributed by atoms with Crippen molar-refractivity contribution in [2.75, 3.05) is 27.2 Å². The lowest BCUT2D eigenvalue weighted by molar-refractivity contribution is 0.0268. The minimum Gasteiger partial charge on any atom is -0.377 e. The molecule has 0 bridgehead atoms. The Hall–Kier alpha value is -1.69. The average Bonchev–Trinajstić information content (AvgIpc) is 2.47. The number of nitrogens with one attached hydrogen (secondary N) is 2. The van der Waals surface area contributed by atoms with Gasteiger partial charge in [-0.25, -0.2) is 8.78 Å². The first-order valence-corrected chi connectivity index (χ1v) is 7.23. The predicted molar refractivity (Wildman–Crippen MR) is 85.2 cm³/mol. The fourth-order valence-electron chi connectivity index (χ4n) is 1.85. The van der Waals surface area contributed by atoms with Crippen molar-refractivity contribution in [3.8, 4) is 0 Å². The Labute approximate surface area is 131 Å². The van der Waals surface area contributed by atoms with Gasteiger partial charge in [0.2, 0.25) is 0 Å². The van der Waals surface area contributed by atoms with E-state index in [9.17, 15) is 8.78 Å². The molecule has 0 saturated carbocycles. The van der Waals surface area contributed by atoms with Crippen molar-refractivity contribution in [1.82, 2.24) is 10.6 Å². The van der Waals surface area contributed by atoms with E-state index in [0.717, 1.165) is 6.07 Å². The topological polar surface area (TPSA) is 45.7 Å². The molecular weight excluding hydrogens is 288 g/mol. The largest absolute Gasteiger partial charge is 0.377 e. The molecule has 0 aromatic heterocycles. The second kappa shape index (κ2) is 8.08. The minimum absolute atomic E-state index is 0.116. The molecule has 6 heteroatoms. The molecule has 0 saturated heterocycles. The maximum atomic E-state index is 13.7. The van der Waals surface area contributed by atoms with Crippen LogP contribution in [0.4, 0.5) is 8.78 Å². The molecule has 0 heterocycles. The third-order valence-corrected chi connectivity index (χ3v) is 3.53. The molecule has 1 aromatic carbocycles. The Morgan fingerprint density at radius 2 is 2.00 bits per heavy atom. The zero-order valence-electron chi connectivity index (χ0n) is 13.8. The quantitative estimate of drug-likeness (QED) is 0.627. The van der Waals surface area contributed by atoms with Crippen LogP contribution in [0.25, 0.3) is 0 Å². The third kappa shape index (κ3) is 5.60. The Bertz CT molecular complexity index is 518. The van der Waals surface area contributed by atoms with Crippen LogP contribution in [-0.2, 0) is 4.74 Å². The molecule has 0 aliphatic rings. The molecule has 1 aromatic rings. The van der Waals surface area contributed by atoms with Crippen molar-refractivity contribution >= 4 is 5.96 Å². The first-order valence-electron chi connectivity index (χ1n) is 7.23. The van der Waals surface area contributed by atoms with Gasteiger partial charge < -0.3 is 15.4 Å². The SMILES string of the molecule is CN=C(NCC(C)c1ccc(F)cc1F)NCC(C)(C)OC. The Morgan fingerprint density at radius 3 is 2.55 bits per heavy atom. The summed E-state index contributed by atoms with van der Waals surface area (Å²) < 4.78 is 32.0. The van der Waals surface area contributed by atoms with Gasteiger partial charge in [-0.3, -0.25) is 4.99 Å². The molecule has 0 fully saturated rings. The van der Waals surface area contributed by atoms with Crippen molar-refractivity contribution in [2.45, 2.75) is 32.3 Å². The zero-order valence-corrected chi connectivity index (χ0v) is 13.8.